The molecule has 1 rings (SSSR count). The van der Waals surface area contributed by atoms with Crippen LogP contribution in [-0.4, -0.2) is 6.29 Å². The van der Waals surface area contributed by atoms with Gasteiger partial charge < -0.3 is 4.79 Å². The summed E-state index contributed by atoms with van der Waals surface area (Å²) >= 11 is 6.03. The highest BCUT2D eigenvalue weighted by Crippen LogP contribution is 2.21. The topological polar surface area (TPSA) is 17.1 Å². The number of aldehydes is 1. The molecular formula is C11H11ClO. The van der Waals surface area contributed by atoms with Crippen molar-refractivity contribution in [3.8, 4) is 0 Å². The van der Waals surface area contributed by atoms with Gasteiger partial charge >= 0.3 is 0 Å². The Hall–Kier alpha value is -1.08. The summed E-state index contributed by atoms with van der Waals surface area (Å²) in [6.45, 7) is 1.96. The van der Waals surface area contributed by atoms with E-state index < -0.39 is 0 Å². The van der Waals surface area contributed by atoms with Crippen LogP contribution >= 0.6 is 11.6 Å². The van der Waals surface area contributed by atoms with Gasteiger partial charge in [-0.25, -0.2) is 0 Å². The fourth-order valence-electron chi connectivity index (χ4n) is 1.05. The molecule has 0 aliphatic carbocycles. The van der Waals surface area contributed by atoms with Gasteiger partial charge in [-0.3, -0.25) is 0 Å². The molecule has 0 aromatic heterocycles. The summed E-state index contributed by atoms with van der Waals surface area (Å²) in [4.78, 5) is 10.1. The highest BCUT2D eigenvalue weighted by molar-refractivity contribution is 6.32. The Morgan fingerprint density at radius 3 is 2.92 bits per heavy atom. The van der Waals surface area contributed by atoms with Crippen molar-refractivity contribution < 1.29 is 4.79 Å². The molecule has 2 heteroatoms. The van der Waals surface area contributed by atoms with E-state index in [1.54, 1.807) is 6.08 Å². The van der Waals surface area contributed by atoms with Crippen molar-refractivity contribution in [2.75, 3.05) is 0 Å². The Labute approximate surface area is 83.0 Å². The third kappa shape index (κ3) is 2.71. The normalized spacial score (nSPS) is 10.6. The monoisotopic (exact) mass is 194 g/mol. The fourth-order valence-corrected chi connectivity index (χ4v) is 1.24. The first kappa shape index (κ1) is 10.0. The molecule has 0 aliphatic rings. The molecular weight excluding hydrogens is 184 g/mol. The van der Waals surface area contributed by atoms with Crippen LogP contribution in [0, 0.1) is 6.92 Å². The number of rotatable bonds is 3. The van der Waals surface area contributed by atoms with Crippen molar-refractivity contribution in [1.29, 1.82) is 0 Å². The number of hydrogen-bond acceptors (Lipinski definition) is 1. The molecule has 68 valence electrons. The molecule has 1 nitrogen and oxygen atoms in total. The van der Waals surface area contributed by atoms with E-state index in [1.165, 1.54) is 0 Å². The lowest BCUT2D eigenvalue weighted by molar-refractivity contribution is -0.107. The van der Waals surface area contributed by atoms with Gasteiger partial charge in [0.2, 0.25) is 0 Å². The van der Waals surface area contributed by atoms with Crippen LogP contribution in [0.1, 0.15) is 17.5 Å². The average molecular weight is 195 g/mol. The molecule has 0 unspecified atom stereocenters. The van der Waals surface area contributed by atoms with Gasteiger partial charge in [-0.2, -0.15) is 0 Å². The summed E-state index contributed by atoms with van der Waals surface area (Å²) in [5.74, 6) is 0. The maximum Gasteiger partial charge on any atom is 0.123 e. The lowest BCUT2D eigenvalue weighted by Gasteiger charge is -2.00. The predicted molar refractivity (Wildman–Crippen MR) is 55.9 cm³/mol. The lowest BCUT2D eigenvalue weighted by atomic mass is 10.1. The third-order valence-electron chi connectivity index (χ3n) is 1.75. The van der Waals surface area contributed by atoms with Gasteiger partial charge in [-0.1, -0.05) is 42.0 Å². The molecule has 13 heavy (non-hydrogen) atoms. The van der Waals surface area contributed by atoms with E-state index in [0.29, 0.717) is 6.42 Å². The van der Waals surface area contributed by atoms with Gasteiger partial charge in [0.05, 0.1) is 5.02 Å². The van der Waals surface area contributed by atoms with Gasteiger partial charge in [0.15, 0.2) is 0 Å². The molecule has 0 aliphatic heterocycles. The quantitative estimate of drug-likeness (QED) is 0.676. The minimum atomic E-state index is 0.435. The van der Waals surface area contributed by atoms with E-state index in [4.69, 9.17) is 11.6 Å². The number of carbonyl (C=O) groups is 1. The first-order valence-electron chi connectivity index (χ1n) is 4.11. The van der Waals surface area contributed by atoms with Gasteiger partial charge in [0.1, 0.15) is 6.29 Å². The van der Waals surface area contributed by atoms with Crippen molar-refractivity contribution >= 4 is 24.0 Å². The summed E-state index contributed by atoms with van der Waals surface area (Å²) < 4.78 is 0. The summed E-state index contributed by atoms with van der Waals surface area (Å²) in [7, 11) is 0. The van der Waals surface area contributed by atoms with Crippen molar-refractivity contribution in [2.45, 2.75) is 13.3 Å². The summed E-state index contributed by atoms with van der Waals surface area (Å²) in [6, 6.07) is 5.83. The molecule has 1 aromatic carbocycles. The summed E-state index contributed by atoms with van der Waals surface area (Å²) in [5.41, 5.74) is 2.01. The average Bonchev–Trinajstić information content (AvgIpc) is 2.13. The Kier molecular flexibility index (Phi) is 3.71. The zero-order valence-corrected chi connectivity index (χ0v) is 8.21. The Morgan fingerprint density at radius 1 is 1.46 bits per heavy atom. The van der Waals surface area contributed by atoms with Crippen LogP contribution in [0.2, 0.25) is 5.02 Å². The van der Waals surface area contributed by atoms with Crippen molar-refractivity contribution in [3.63, 3.8) is 0 Å². The van der Waals surface area contributed by atoms with Crippen LogP contribution < -0.4 is 0 Å². The minimum absolute atomic E-state index is 0.435. The molecule has 0 saturated heterocycles. The van der Waals surface area contributed by atoms with Crippen LogP contribution in [0.3, 0.4) is 0 Å². The first-order chi connectivity index (χ1) is 6.25. The van der Waals surface area contributed by atoms with Crippen molar-refractivity contribution in [1.82, 2.24) is 0 Å². The summed E-state index contributed by atoms with van der Waals surface area (Å²) in [5, 5.41) is 0.754. The van der Waals surface area contributed by atoms with E-state index in [0.717, 1.165) is 22.4 Å². The first-order valence-corrected chi connectivity index (χ1v) is 4.49. The highest BCUT2D eigenvalue weighted by Gasteiger charge is 1.97. The Morgan fingerprint density at radius 2 is 2.23 bits per heavy atom. The van der Waals surface area contributed by atoms with E-state index in [2.05, 4.69) is 0 Å². The van der Waals surface area contributed by atoms with Crippen LogP contribution in [0.5, 0.6) is 0 Å². The Bertz CT molecular complexity index is 329. The molecule has 0 atom stereocenters. The van der Waals surface area contributed by atoms with Gasteiger partial charge in [-0.05, 0) is 18.1 Å². The number of hydrogen-bond donors (Lipinski definition) is 0. The second kappa shape index (κ2) is 4.83. The molecule has 0 fully saturated rings. The SMILES string of the molecule is Cc1cccc(C=CCC=O)c1Cl. The van der Waals surface area contributed by atoms with Gasteiger partial charge in [0, 0.05) is 6.42 Å². The molecule has 0 heterocycles. The zero-order valence-electron chi connectivity index (χ0n) is 7.46. The number of allylic oxidation sites excluding steroid dienone is 1. The van der Waals surface area contributed by atoms with Crippen LogP contribution in [0.4, 0.5) is 0 Å². The van der Waals surface area contributed by atoms with E-state index in [-0.39, 0.29) is 0 Å². The van der Waals surface area contributed by atoms with E-state index in [1.807, 2.05) is 31.2 Å². The lowest BCUT2D eigenvalue weighted by Crippen LogP contribution is -1.79. The standard InChI is InChI=1S/C11H11ClO/c1-9-5-4-7-10(11(9)12)6-2-3-8-13/h2,4-8H,3H2,1H3. The summed E-state index contributed by atoms with van der Waals surface area (Å²) in [6.07, 6.45) is 4.96. The second-order valence-electron chi connectivity index (χ2n) is 2.78. The van der Waals surface area contributed by atoms with Crippen LogP contribution in [-0.2, 0) is 4.79 Å². The fraction of sp³-hybridized carbons (Fsp3) is 0.182. The van der Waals surface area contributed by atoms with Crippen LogP contribution in [0.15, 0.2) is 24.3 Å². The van der Waals surface area contributed by atoms with Crippen LogP contribution in [0.25, 0.3) is 6.08 Å². The Balaban J connectivity index is 2.88. The van der Waals surface area contributed by atoms with E-state index in [9.17, 15) is 4.79 Å². The molecule has 0 amide bonds. The number of benzene rings is 1. The minimum Gasteiger partial charge on any atom is -0.303 e. The maximum atomic E-state index is 10.1. The van der Waals surface area contributed by atoms with Crippen molar-refractivity contribution in [2.24, 2.45) is 0 Å². The molecule has 0 spiro atoms. The predicted octanol–water partition coefficient (Wildman–Crippen LogP) is 3.25. The van der Waals surface area contributed by atoms with Gasteiger partial charge in [0.25, 0.3) is 0 Å². The zero-order chi connectivity index (χ0) is 9.68. The third-order valence-corrected chi connectivity index (χ3v) is 2.27. The second-order valence-corrected chi connectivity index (χ2v) is 3.16. The molecule has 1 aromatic rings. The van der Waals surface area contributed by atoms with Crippen molar-refractivity contribution in [3.05, 3.63) is 40.4 Å². The number of carbonyl (C=O) groups excluding carboxylic acids is 1. The molecule has 0 bridgehead atoms. The number of aryl methyl sites for hydroxylation is 1. The smallest absolute Gasteiger partial charge is 0.123 e. The highest BCUT2D eigenvalue weighted by atomic mass is 35.5. The maximum absolute atomic E-state index is 10.1. The van der Waals surface area contributed by atoms with E-state index >= 15 is 0 Å². The number of halogens is 1. The molecule has 0 saturated carbocycles. The largest absolute Gasteiger partial charge is 0.303 e. The molecule has 0 N–H and O–H groups in total. The molecule has 0 radical (unpaired) electrons. The van der Waals surface area contributed by atoms with Gasteiger partial charge in [-0.15, -0.1) is 0 Å².